The van der Waals surface area contributed by atoms with E-state index in [2.05, 4.69) is 4.90 Å². The highest BCUT2D eigenvalue weighted by Gasteiger charge is 2.25. The molecular formula is C16H19N3O4S. The van der Waals surface area contributed by atoms with Crippen LogP contribution in [-0.2, 0) is 6.54 Å². The number of piperazine rings is 1. The molecule has 1 aliphatic heterocycles. The van der Waals surface area contributed by atoms with Gasteiger partial charge < -0.3 is 9.32 Å². The molecule has 0 spiro atoms. The number of rotatable bonds is 4. The Morgan fingerprint density at radius 3 is 2.54 bits per heavy atom. The number of hydrogen-bond acceptors (Lipinski definition) is 6. The molecule has 1 saturated heterocycles. The molecule has 0 N–H and O–H groups in total. The summed E-state index contributed by atoms with van der Waals surface area (Å²) in [5.41, 5.74) is 1.59. The number of nitrogens with zero attached hydrogens (tertiary/aromatic N) is 3. The summed E-state index contributed by atoms with van der Waals surface area (Å²) < 4.78 is 5.44. The molecule has 0 radical (unpaired) electrons. The molecule has 0 aliphatic carbocycles. The van der Waals surface area contributed by atoms with Crippen molar-refractivity contribution >= 4 is 22.2 Å². The van der Waals surface area contributed by atoms with Crippen molar-refractivity contribution in [1.29, 1.82) is 0 Å². The van der Waals surface area contributed by atoms with Gasteiger partial charge in [-0.1, -0.05) is 11.3 Å². The summed E-state index contributed by atoms with van der Waals surface area (Å²) in [6.07, 6.45) is 0. The second-order valence-corrected chi connectivity index (χ2v) is 6.84. The summed E-state index contributed by atoms with van der Waals surface area (Å²) in [4.78, 5) is 27.0. The fourth-order valence-corrected chi connectivity index (χ4v) is 3.64. The Balaban J connectivity index is 1.56. The topological polar surface area (TPSA) is 79.8 Å². The summed E-state index contributed by atoms with van der Waals surface area (Å²) in [7, 11) is 0. The number of furan rings is 1. The molecule has 0 unspecified atom stereocenters. The van der Waals surface area contributed by atoms with Gasteiger partial charge in [0.15, 0.2) is 0 Å². The van der Waals surface area contributed by atoms with Crippen LogP contribution in [0, 0.1) is 24.0 Å². The maximum absolute atomic E-state index is 12.6. The van der Waals surface area contributed by atoms with E-state index in [1.54, 1.807) is 19.1 Å². The third-order valence-corrected chi connectivity index (χ3v) is 5.09. The first kappa shape index (κ1) is 16.7. The van der Waals surface area contributed by atoms with Crippen LogP contribution < -0.4 is 0 Å². The number of thiophene rings is 1. The molecule has 2 aromatic heterocycles. The maximum atomic E-state index is 12.6. The van der Waals surface area contributed by atoms with Crippen molar-refractivity contribution in [3.63, 3.8) is 0 Å². The molecule has 0 aromatic carbocycles. The molecular weight excluding hydrogens is 330 g/mol. The summed E-state index contributed by atoms with van der Waals surface area (Å²) in [6, 6.07) is 3.41. The highest BCUT2D eigenvalue weighted by Crippen LogP contribution is 2.24. The number of amides is 1. The lowest BCUT2D eigenvalue weighted by Crippen LogP contribution is -2.48. The van der Waals surface area contributed by atoms with Crippen LogP contribution >= 0.6 is 11.3 Å². The van der Waals surface area contributed by atoms with Gasteiger partial charge in [-0.05, 0) is 25.5 Å². The molecule has 128 valence electrons. The minimum Gasteiger partial charge on any atom is -0.466 e. The predicted octanol–water partition coefficient (Wildman–Crippen LogP) is 2.82. The lowest BCUT2D eigenvalue weighted by atomic mass is 10.2. The van der Waals surface area contributed by atoms with Crippen LogP contribution in [0.25, 0.3) is 0 Å². The van der Waals surface area contributed by atoms with E-state index in [0.29, 0.717) is 31.0 Å². The highest BCUT2D eigenvalue weighted by molar-refractivity contribution is 7.13. The van der Waals surface area contributed by atoms with Gasteiger partial charge >= 0.3 is 5.00 Å². The van der Waals surface area contributed by atoms with Gasteiger partial charge in [0.1, 0.15) is 11.5 Å². The minimum atomic E-state index is -0.361. The van der Waals surface area contributed by atoms with E-state index in [0.717, 1.165) is 35.7 Å². The molecule has 1 amide bonds. The van der Waals surface area contributed by atoms with E-state index in [1.165, 1.54) is 0 Å². The summed E-state index contributed by atoms with van der Waals surface area (Å²) in [5.74, 6) is 1.41. The SMILES string of the molecule is Cc1cc(C(=O)N2CCN(Cc3csc([N+](=O)[O-])c3)CC2)c(C)o1. The zero-order valence-electron chi connectivity index (χ0n) is 13.7. The van der Waals surface area contributed by atoms with Crippen molar-refractivity contribution in [2.75, 3.05) is 26.2 Å². The van der Waals surface area contributed by atoms with Crippen molar-refractivity contribution in [3.8, 4) is 0 Å². The Bertz CT molecular complexity index is 759. The van der Waals surface area contributed by atoms with Gasteiger partial charge in [-0.25, -0.2) is 0 Å². The van der Waals surface area contributed by atoms with Crippen LogP contribution in [0.1, 0.15) is 27.4 Å². The Labute approximate surface area is 143 Å². The zero-order valence-corrected chi connectivity index (χ0v) is 14.5. The summed E-state index contributed by atoms with van der Waals surface area (Å²) >= 11 is 1.15. The van der Waals surface area contributed by atoms with Gasteiger partial charge in [0.2, 0.25) is 0 Å². The number of aryl methyl sites for hydroxylation is 2. The first-order chi connectivity index (χ1) is 11.4. The van der Waals surface area contributed by atoms with Gasteiger partial charge in [0.05, 0.1) is 10.5 Å². The smallest absolute Gasteiger partial charge is 0.324 e. The zero-order chi connectivity index (χ0) is 17.3. The van der Waals surface area contributed by atoms with Gasteiger partial charge in [0, 0.05) is 44.2 Å². The Morgan fingerprint density at radius 1 is 1.29 bits per heavy atom. The van der Waals surface area contributed by atoms with Crippen LogP contribution in [0.15, 0.2) is 21.9 Å². The molecule has 24 heavy (non-hydrogen) atoms. The predicted molar refractivity (Wildman–Crippen MR) is 90.3 cm³/mol. The first-order valence-electron chi connectivity index (χ1n) is 7.74. The van der Waals surface area contributed by atoms with Crippen molar-refractivity contribution in [2.45, 2.75) is 20.4 Å². The summed E-state index contributed by atoms with van der Waals surface area (Å²) in [5, 5.41) is 12.7. The van der Waals surface area contributed by atoms with Crippen molar-refractivity contribution < 1.29 is 14.1 Å². The van der Waals surface area contributed by atoms with Crippen LogP contribution in [0.3, 0.4) is 0 Å². The maximum Gasteiger partial charge on any atom is 0.324 e. The molecule has 0 saturated carbocycles. The van der Waals surface area contributed by atoms with Crippen molar-refractivity contribution in [3.05, 3.63) is 50.3 Å². The average molecular weight is 349 g/mol. The Kier molecular flexibility index (Phi) is 4.68. The largest absolute Gasteiger partial charge is 0.466 e. The third-order valence-electron chi connectivity index (χ3n) is 4.16. The first-order valence-corrected chi connectivity index (χ1v) is 8.62. The van der Waals surface area contributed by atoms with Crippen LogP contribution in [0.5, 0.6) is 0 Å². The molecule has 3 heterocycles. The molecule has 1 aliphatic rings. The molecule has 8 heteroatoms. The quantitative estimate of drug-likeness (QED) is 0.626. The van der Waals surface area contributed by atoms with E-state index in [9.17, 15) is 14.9 Å². The second-order valence-electron chi connectivity index (χ2n) is 5.95. The lowest BCUT2D eigenvalue weighted by molar-refractivity contribution is -0.380. The Morgan fingerprint density at radius 2 is 2.00 bits per heavy atom. The lowest BCUT2D eigenvalue weighted by Gasteiger charge is -2.34. The molecule has 7 nitrogen and oxygen atoms in total. The minimum absolute atomic E-state index is 0.00942. The Hall–Kier alpha value is -2.19. The van der Waals surface area contributed by atoms with E-state index in [4.69, 9.17) is 4.42 Å². The van der Waals surface area contributed by atoms with E-state index in [1.807, 2.05) is 17.2 Å². The fraction of sp³-hybridized carbons (Fsp3) is 0.438. The standard InChI is InChI=1S/C16H19N3O4S/c1-11-7-14(12(2)23-11)16(20)18-5-3-17(4-6-18)9-13-8-15(19(21)22)24-10-13/h7-8,10H,3-6,9H2,1-2H3. The van der Waals surface area contributed by atoms with E-state index < -0.39 is 0 Å². The van der Waals surface area contributed by atoms with Crippen LogP contribution in [0.2, 0.25) is 0 Å². The molecule has 1 fully saturated rings. The number of carbonyl (C=O) groups excluding carboxylic acids is 1. The van der Waals surface area contributed by atoms with Crippen molar-refractivity contribution in [2.24, 2.45) is 0 Å². The van der Waals surface area contributed by atoms with E-state index >= 15 is 0 Å². The monoisotopic (exact) mass is 349 g/mol. The van der Waals surface area contributed by atoms with Crippen LogP contribution in [-0.4, -0.2) is 46.8 Å². The molecule has 3 rings (SSSR count). The second kappa shape index (κ2) is 6.74. The van der Waals surface area contributed by atoms with Crippen molar-refractivity contribution in [1.82, 2.24) is 9.80 Å². The van der Waals surface area contributed by atoms with Crippen LogP contribution in [0.4, 0.5) is 5.00 Å². The van der Waals surface area contributed by atoms with E-state index in [-0.39, 0.29) is 15.8 Å². The van der Waals surface area contributed by atoms with Gasteiger partial charge in [-0.15, -0.1) is 0 Å². The molecule has 2 aromatic rings. The summed E-state index contributed by atoms with van der Waals surface area (Å²) in [6.45, 7) is 7.12. The number of carbonyl (C=O) groups is 1. The van der Waals surface area contributed by atoms with Gasteiger partial charge in [0.25, 0.3) is 5.91 Å². The number of hydrogen-bond donors (Lipinski definition) is 0. The highest BCUT2D eigenvalue weighted by atomic mass is 32.1. The molecule has 0 atom stereocenters. The fourth-order valence-electron chi connectivity index (χ4n) is 2.92. The number of nitro groups is 1. The molecule has 0 bridgehead atoms. The third kappa shape index (κ3) is 3.49. The van der Waals surface area contributed by atoms with Gasteiger partial charge in [-0.3, -0.25) is 19.8 Å². The van der Waals surface area contributed by atoms with Gasteiger partial charge in [-0.2, -0.15) is 0 Å². The average Bonchev–Trinajstić information content (AvgIpc) is 3.14. The normalized spacial score (nSPS) is 15.7.